The molecule has 0 radical (unpaired) electrons. The Balaban J connectivity index is 2.08. The average Bonchev–Trinajstić information content (AvgIpc) is 2.76. The summed E-state index contributed by atoms with van der Waals surface area (Å²) < 4.78 is 0. The standard InChI is InChI=1S/C14H16N2OS/c1-9-7-18-8-13(9)14(17)16-10(2)11-3-5-12(15)6-4-11/h3-8,10H,15H2,1-2H3,(H,16,17). The van der Waals surface area contributed by atoms with Crippen molar-refractivity contribution in [3.05, 3.63) is 51.7 Å². The van der Waals surface area contributed by atoms with Gasteiger partial charge in [0.25, 0.3) is 5.91 Å². The van der Waals surface area contributed by atoms with Crippen LogP contribution >= 0.6 is 11.3 Å². The van der Waals surface area contributed by atoms with Gasteiger partial charge < -0.3 is 11.1 Å². The van der Waals surface area contributed by atoms with Crippen molar-refractivity contribution in [3.63, 3.8) is 0 Å². The van der Waals surface area contributed by atoms with Gasteiger partial charge in [-0.05, 0) is 42.5 Å². The third-order valence-electron chi connectivity index (χ3n) is 2.88. The van der Waals surface area contributed by atoms with Crippen molar-refractivity contribution in [3.8, 4) is 0 Å². The number of rotatable bonds is 3. The first-order chi connectivity index (χ1) is 8.58. The summed E-state index contributed by atoms with van der Waals surface area (Å²) in [4.78, 5) is 12.0. The highest BCUT2D eigenvalue weighted by atomic mass is 32.1. The topological polar surface area (TPSA) is 55.1 Å². The predicted molar refractivity (Wildman–Crippen MR) is 75.8 cm³/mol. The van der Waals surface area contributed by atoms with E-state index in [-0.39, 0.29) is 11.9 Å². The second-order valence-electron chi connectivity index (χ2n) is 4.33. The van der Waals surface area contributed by atoms with Crippen LogP contribution in [-0.4, -0.2) is 5.91 Å². The minimum absolute atomic E-state index is 0.0296. The summed E-state index contributed by atoms with van der Waals surface area (Å²) in [5, 5.41) is 6.84. The number of amides is 1. The van der Waals surface area contributed by atoms with Crippen LogP contribution in [0, 0.1) is 6.92 Å². The van der Waals surface area contributed by atoms with Gasteiger partial charge in [0.2, 0.25) is 0 Å². The molecule has 1 heterocycles. The van der Waals surface area contributed by atoms with Crippen LogP contribution in [0.5, 0.6) is 0 Å². The molecule has 94 valence electrons. The van der Waals surface area contributed by atoms with Crippen LogP contribution in [0.3, 0.4) is 0 Å². The van der Waals surface area contributed by atoms with Crippen LogP contribution in [0.15, 0.2) is 35.0 Å². The van der Waals surface area contributed by atoms with Gasteiger partial charge in [0.1, 0.15) is 0 Å². The second-order valence-corrected chi connectivity index (χ2v) is 5.07. The number of benzene rings is 1. The lowest BCUT2D eigenvalue weighted by Crippen LogP contribution is -2.26. The number of aryl methyl sites for hydroxylation is 1. The highest BCUT2D eigenvalue weighted by molar-refractivity contribution is 7.08. The monoisotopic (exact) mass is 260 g/mol. The summed E-state index contributed by atoms with van der Waals surface area (Å²) in [6.45, 7) is 3.91. The zero-order valence-electron chi connectivity index (χ0n) is 10.4. The molecule has 18 heavy (non-hydrogen) atoms. The molecule has 1 aromatic carbocycles. The Morgan fingerprint density at radius 2 is 1.94 bits per heavy atom. The molecule has 0 aliphatic carbocycles. The van der Waals surface area contributed by atoms with E-state index in [0.717, 1.165) is 22.4 Å². The summed E-state index contributed by atoms with van der Waals surface area (Å²) in [5.74, 6) is -0.0296. The molecule has 4 heteroatoms. The summed E-state index contributed by atoms with van der Waals surface area (Å²) in [5.41, 5.74) is 9.18. The van der Waals surface area contributed by atoms with Crippen molar-refractivity contribution in [1.82, 2.24) is 5.32 Å². The summed E-state index contributed by atoms with van der Waals surface area (Å²) in [7, 11) is 0. The molecule has 0 bridgehead atoms. The predicted octanol–water partition coefficient (Wildman–Crippen LogP) is 3.13. The number of hydrogen-bond acceptors (Lipinski definition) is 3. The van der Waals surface area contributed by atoms with Crippen molar-refractivity contribution < 1.29 is 4.79 Å². The van der Waals surface area contributed by atoms with E-state index in [1.807, 2.05) is 48.9 Å². The van der Waals surface area contributed by atoms with Crippen LogP contribution in [0.4, 0.5) is 5.69 Å². The molecule has 2 rings (SSSR count). The minimum Gasteiger partial charge on any atom is -0.399 e. The quantitative estimate of drug-likeness (QED) is 0.833. The zero-order valence-corrected chi connectivity index (χ0v) is 11.3. The van der Waals surface area contributed by atoms with Gasteiger partial charge in [-0.2, -0.15) is 11.3 Å². The molecule has 0 fully saturated rings. The van der Waals surface area contributed by atoms with Crippen LogP contribution < -0.4 is 11.1 Å². The lowest BCUT2D eigenvalue weighted by atomic mass is 10.1. The van der Waals surface area contributed by atoms with Crippen molar-refractivity contribution in [1.29, 1.82) is 0 Å². The SMILES string of the molecule is Cc1cscc1C(=O)NC(C)c1ccc(N)cc1. The van der Waals surface area contributed by atoms with Gasteiger partial charge in [-0.25, -0.2) is 0 Å². The summed E-state index contributed by atoms with van der Waals surface area (Å²) >= 11 is 1.54. The molecule has 1 atom stereocenters. The van der Waals surface area contributed by atoms with Crippen LogP contribution in [-0.2, 0) is 0 Å². The Labute approximate surface area is 111 Å². The third-order valence-corrected chi connectivity index (χ3v) is 3.75. The molecule has 0 saturated heterocycles. The van der Waals surface area contributed by atoms with Gasteiger partial charge in [-0.3, -0.25) is 4.79 Å². The molecule has 0 aliphatic heterocycles. The molecule has 3 nitrogen and oxygen atoms in total. The van der Waals surface area contributed by atoms with Crippen LogP contribution in [0.2, 0.25) is 0 Å². The number of carbonyl (C=O) groups excluding carboxylic acids is 1. The number of thiophene rings is 1. The second kappa shape index (κ2) is 5.23. The van der Waals surface area contributed by atoms with E-state index >= 15 is 0 Å². The van der Waals surface area contributed by atoms with Gasteiger partial charge in [0, 0.05) is 11.1 Å². The van der Waals surface area contributed by atoms with E-state index in [1.54, 1.807) is 11.3 Å². The Morgan fingerprint density at radius 1 is 1.28 bits per heavy atom. The van der Waals surface area contributed by atoms with E-state index in [0.29, 0.717) is 0 Å². The van der Waals surface area contributed by atoms with E-state index in [1.165, 1.54) is 0 Å². The Bertz CT molecular complexity index is 545. The van der Waals surface area contributed by atoms with Crippen molar-refractivity contribution in [2.24, 2.45) is 0 Å². The first kappa shape index (κ1) is 12.6. The average molecular weight is 260 g/mol. The highest BCUT2D eigenvalue weighted by Gasteiger charge is 2.13. The Hall–Kier alpha value is -1.81. The maximum Gasteiger partial charge on any atom is 0.252 e. The van der Waals surface area contributed by atoms with E-state index in [9.17, 15) is 4.79 Å². The molecular formula is C14H16N2OS. The fourth-order valence-electron chi connectivity index (χ4n) is 1.74. The number of anilines is 1. The fraction of sp³-hybridized carbons (Fsp3) is 0.214. The summed E-state index contributed by atoms with van der Waals surface area (Å²) in [6, 6.07) is 7.51. The first-order valence-corrected chi connectivity index (χ1v) is 6.71. The van der Waals surface area contributed by atoms with E-state index in [2.05, 4.69) is 5.32 Å². The number of nitrogens with one attached hydrogen (secondary N) is 1. The third kappa shape index (κ3) is 2.71. The van der Waals surface area contributed by atoms with Crippen LogP contribution in [0.1, 0.15) is 34.5 Å². The van der Waals surface area contributed by atoms with Gasteiger partial charge in [0.05, 0.1) is 11.6 Å². The van der Waals surface area contributed by atoms with Gasteiger partial charge >= 0.3 is 0 Å². The maximum absolute atomic E-state index is 12.0. The van der Waals surface area contributed by atoms with Crippen molar-refractivity contribution in [2.45, 2.75) is 19.9 Å². The van der Waals surface area contributed by atoms with Gasteiger partial charge in [0.15, 0.2) is 0 Å². The van der Waals surface area contributed by atoms with Crippen molar-refractivity contribution in [2.75, 3.05) is 5.73 Å². The number of carbonyl (C=O) groups is 1. The molecule has 1 unspecified atom stereocenters. The smallest absolute Gasteiger partial charge is 0.252 e. The molecule has 0 saturated carbocycles. The van der Waals surface area contributed by atoms with Gasteiger partial charge in [-0.15, -0.1) is 0 Å². The zero-order chi connectivity index (χ0) is 13.1. The number of nitrogen functional groups attached to an aromatic ring is 1. The normalized spacial score (nSPS) is 12.1. The fourth-order valence-corrected chi connectivity index (χ4v) is 2.56. The molecule has 0 spiro atoms. The first-order valence-electron chi connectivity index (χ1n) is 5.77. The molecule has 3 N–H and O–H groups in total. The molecular weight excluding hydrogens is 244 g/mol. The molecule has 1 amide bonds. The molecule has 2 aromatic rings. The molecule has 1 aromatic heterocycles. The highest BCUT2D eigenvalue weighted by Crippen LogP contribution is 2.17. The lowest BCUT2D eigenvalue weighted by molar-refractivity contribution is 0.0940. The maximum atomic E-state index is 12.0. The Morgan fingerprint density at radius 3 is 2.50 bits per heavy atom. The van der Waals surface area contributed by atoms with E-state index < -0.39 is 0 Å². The molecule has 0 aliphatic rings. The summed E-state index contributed by atoms with van der Waals surface area (Å²) in [6.07, 6.45) is 0. The largest absolute Gasteiger partial charge is 0.399 e. The number of hydrogen-bond donors (Lipinski definition) is 2. The van der Waals surface area contributed by atoms with E-state index in [4.69, 9.17) is 5.73 Å². The van der Waals surface area contributed by atoms with Crippen molar-refractivity contribution >= 4 is 22.9 Å². The van der Waals surface area contributed by atoms with Gasteiger partial charge in [-0.1, -0.05) is 12.1 Å². The number of nitrogens with two attached hydrogens (primary N) is 1. The van der Waals surface area contributed by atoms with Crippen LogP contribution in [0.25, 0.3) is 0 Å². The Kier molecular flexibility index (Phi) is 3.67. The lowest BCUT2D eigenvalue weighted by Gasteiger charge is -2.14. The minimum atomic E-state index is -0.0302.